The van der Waals surface area contributed by atoms with Crippen LogP contribution in [0.5, 0.6) is 0 Å². The van der Waals surface area contributed by atoms with Crippen LogP contribution in [-0.4, -0.2) is 23.1 Å². The molecular formula is C24H27FN4. The average Bonchev–Trinajstić information content (AvgIpc) is 2.74. The van der Waals surface area contributed by atoms with E-state index in [9.17, 15) is 4.39 Å². The molecule has 29 heavy (non-hydrogen) atoms. The number of benzene rings is 2. The number of hydrogen-bond acceptors (Lipinski definition) is 4. The lowest BCUT2D eigenvalue weighted by molar-refractivity contribution is 0.402. The Kier molecular flexibility index (Phi) is 6.03. The zero-order chi connectivity index (χ0) is 20.1. The van der Waals surface area contributed by atoms with E-state index in [2.05, 4.69) is 50.5 Å². The highest BCUT2D eigenvalue weighted by molar-refractivity contribution is 5.50. The van der Waals surface area contributed by atoms with Crippen LogP contribution < -0.4 is 10.2 Å². The summed E-state index contributed by atoms with van der Waals surface area (Å²) >= 11 is 0. The van der Waals surface area contributed by atoms with Gasteiger partial charge >= 0.3 is 0 Å². The number of halogens is 1. The molecule has 1 fully saturated rings. The van der Waals surface area contributed by atoms with Gasteiger partial charge in [-0.25, -0.2) is 14.4 Å². The highest BCUT2D eigenvalue weighted by Crippen LogP contribution is 2.26. The number of rotatable bonds is 6. The van der Waals surface area contributed by atoms with Crippen LogP contribution in [-0.2, 0) is 13.0 Å². The fraction of sp³-hybridized carbons (Fsp3) is 0.333. The Morgan fingerprint density at radius 2 is 1.69 bits per heavy atom. The molecule has 0 amide bonds. The second-order valence-corrected chi connectivity index (χ2v) is 7.76. The van der Waals surface area contributed by atoms with Crippen LogP contribution >= 0.6 is 0 Å². The van der Waals surface area contributed by atoms with Gasteiger partial charge in [-0.2, -0.15) is 0 Å². The van der Waals surface area contributed by atoms with Crippen molar-refractivity contribution in [2.24, 2.45) is 5.92 Å². The van der Waals surface area contributed by atoms with Crippen molar-refractivity contribution < 1.29 is 4.39 Å². The average molecular weight is 391 g/mol. The maximum Gasteiger partial charge on any atom is 0.134 e. The smallest absolute Gasteiger partial charge is 0.134 e. The van der Waals surface area contributed by atoms with Gasteiger partial charge in [0.15, 0.2) is 0 Å². The minimum Gasteiger partial charge on any atom is -0.366 e. The van der Waals surface area contributed by atoms with E-state index in [1.165, 1.54) is 30.5 Å². The molecule has 0 bridgehead atoms. The molecule has 4 rings (SSSR count). The van der Waals surface area contributed by atoms with E-state index < -0.39 is 0 Å². The summed E-state index contributed by atoms with van der Waals surface area (Å²) in [6.07, 6.45) is 3.51. The van der Waals surface area contributed by atoms with E-state index in [4.69, 9.17) is 0 Å². The quantitative estimate of drug-likeness (QED) is 0.643. The molecule has 0 radical (unpaired) electrons. The van der Waals surface area contributed by atoms with Gasteiger partial charge in [0.05, 0.1) is 0 Å². The molecule has 4 nitrogen and oxygen atoms in total. The number of hydrogen-bond donors (Lipinski definition) is 1. The molecule has 1 aliphatic heterocycles. The van der Waals surface area contributed by atoms with E-state index in [0.29, 0.717) is 6.54 Å². The normalized spacial score (nSPS) is 14.8. The monoisotopic (exact) mass is 390 g/mol. The number of anilines is 2. The first-order chi connectivity index (χ1) is 14.2. The van der Waals surface area contributed by atoms with Crippen molar-refractivity contribution in [3.05, 3.63) is 83.4 Å². The fourth-order valence-electron chi connectivity index (χ4n) is 3.91. The third-order valence-electron chi connectivity index (χ3n) is 5.52. The van der Waals surface area contributed by atoms with Crippen molar-refractivity contribution in [2.75, 3.05) is 23.3 Å². The number of aromatic nitrogens is 2. The molecular weight excluding hydrogens is 363 g/mol. The summed E-state index contributed by atoms with van der Waals surface area (Å²) < 4.78 is 13.1. The predicted molar refractivity (Wildman–Crippen MR) is 116 cm³/mol. The SMILES string of the molecule is Cc1nc(NCc2ccc(F)cc2)cc(N2CCC(Cc3ccccc3)CC2)n1. The highest BCUT2D eigenvalue weighted by Gasteiger charge is 2.21. The summed E-state index contributed by atoms with van der Waals surface area (Å²) in [7, 11) is 0. The molecule has 2 aromatic carbocycles. The molecule has 3 aromatic rings. The maximum atomic E-state index is 13.1. The van der Waals surface area contributed by atoms with Gasteiger partial charge in [-0.15, -0.1) is 0 Å². The number of aryl methyl sites for hydroxylation is 1. The largest absolute Gasteiger partial charge is 0.366 e. The molecule has 1 saturated heterocycles. The van der Waals surface area contributed by atoms with E-state index in [1.54, 1.807) is 12.1 Å². The Balaban J connectivity index is 1.35. The van der Waals surface area contributed by atoms with Crippen molar-refractivity contribution in [3.8, 4) is 0 Å². The van der Waals surface area contributed by atoms with Crippen LogP contribution in [0.1, 0.15) is 29.8 Å². The van der Waals surface area contributed by atoms with E-state index in [-0.39, 0.29) is 5.82 Å². The first-order valence-electron chi connectivity index (χ1n) is 10.3. The molecule has 5 heteroatoms. The lowest BCUT2D eigenvalue weighted by Gasteiger charge is -2.33. The Labute approximate surface area is 171 Å². The van der Waals surface area contributed by atoms with Crippen molar-refractivity contribution in [2.45, 2.75) is 32.7 Å². The second-order valence-electron chi connectivity index (χ2n) is 7.76. The highest BCUT2D eigenvalue weighted by atomic mass is 19.1. The lowest BCUT2D eigenvalue weighted by Crippen LogP contribution is -2.35. The molecule has 1 aliphatic rings. The standard InChI is InChI=1S/C24H27FN4/c1-18-27-23(26-17-21-7-9-22(25)10-8-21)16-24(28-18)29-13-11-20(12-14-29)15-19-5-3-2-4-6-19/h2-10,16,20H,11-15,17H2,1H3,(H,26,27,28). The van der Waals surface area contributed by atoms with Crippen LogP contribution in [0.4, 0.5) is 16.0 Å². The zero-order valence-corrected chi connectivity index (χ0v) is 16.8. The Bertz CT molecular complexity index is 919. The maximum absolute atomic E-state index is 13.1. The number of nitrogens with zero attached hydrogens (tertiary/aromatic N) is 3. The van der Waals surface area contributed by atoms with Gasteiger partial charge in [0, 0.05) is 25.7 Å². The van der Waals surface area contributed by atoms with Crippen LogP contribution in [0.2, 0.25) is 0 Å². The zero-order valence-electron chi connectivity index (χ0n) is 16.8. The third kappa shape index (κ3) is 5.31. The minimum atomic E-state index is -0.218. The molecule has 0 saturated carbocycles. The van der Waals surface area contributed by atoms with Crippen molar-refractivity contribution in [1.82, 2.24) is 9.97 Å². The summed E-state index contributed by atoms with van der Waals surface area (Å²) in [4.78, 5) is 11.5. The Morgan fingerprint density at radius 1 is 0.966 bits per heavy atom. The van der Waals surface area contributed by atoms with Gasteiger partial charge in [-0.05, 0) is 55.4 Å². The van der Waals surface area contributed by atoms with Crippen LogP contribution in [0, 0.1) is 18.7 Å². The van der Waals surface area contributed by atoms with E-state index in [1.807, 2.05) is 13.0 Å². The molecule has 0 unspecified atom stereocenters. The fourth-order valence-corrected chi connectivity index (χ4v) is 3.91. The van der Waals surface area contributed by atoms with Crippen molar-refractivity contribution >= 4 is 11.6 Å². The first-order valence-corrected chi connectivity index (χ1v) is 10.3. The molecule has 0 spiro atoms. The van der Waals surface area contributed by atoms with Gasteiger partial charge < -0.3 is 10.2 Å². The molecule has 2 heterocycles. The molecule has 150 valence electrons. The summed E-state index contributed by atoms with van der Waals surface area (Å²) in [6.45, 7) is 4.57. The summed E-state index contributed by atoms with van der Waals surface area (Å²) in [5.74, 6) is 3.06. The van der Waals surface area contributed by atoms with Gasteiger partial charge in [-0.1, -0.05) is 42.5 Å². The Hall–Kier alpha value is -2.95. The van der Waals surface area contributed by atoms with Crippen LogP contribution in [0.25, 0.3) is 0 Å². The minimum absolute atomic E-state index is 0.218. The molecule has 0 aliphatic carbocycles. The summed E-state index contributed by atoms with van der Waals surface area (Å²) in [5.41, 5.74) is 2.45. The topological polar surface area (TPSA) is 41.1 Å². The second kappa shape index (κ2) is 9.03. The number of piperidine rings is 1. The molecule has 0 atom stereocenters. The molecule has 1 aromatic heterocycles. The number of nitrogens with one attached hydrogen (secondary N) is 1. The molecule has 1 N–H and O–H groups in total. The van der Waals surface area contributed by atoms with Gasteiger partial charge in [-0.3, -0.25) is 0 Å². The van der Waals surface area contributed by atoms with Gasteiger partial charge in [0.2, 0.25) is 0 Å². The lowest BCUT2D eigenvalue weighted by atomic mass is 9.90. The first kappa shape index (κ1) is 19.4. The third-order valence-corrected chi connectivity index (χ3v) is 5.52. The van der Waals surface area contributed by atoms with Gasteiger partial charge in [0.25, 0.3) is 0 Å². The van der Waals surface area contributed by atoms with Gasteiger partial charge in [0.1, 0.15) is 23.3 Å². The van der Waals surface area contributed by atoms with Crippen molar-refractivity contribution in [3.63, 3.8) is 0 Å². The van der Waals surface area contributed by atoms with E-state index in [0.717, 1.165) is 48.5 Å². The Morgan fingerprint density at radius 3 is 2.41 bits per heavy atom. The van der Waals surface area contributed by atoms with Crippen molar-refractivity contribution in [1.29, 1.82) is 0 Å². The summed E-state index contributed by atoms with van der Waals surface area (Å²) in [5, 5.41) is 3.34. The van der Waals surface area contributed by atoms with E-state index >= 15 is 0 Å². The van der Waals surface area contributed by atoms with Crippen LogP contribution in [0.3, 0.4) is 0 Å². The van der Waals surface area contributed by atoms with Crippen LogP contribution in [0.15, 0.2) is 60.7 Å². The summed E-state index contributed by atoms with van der Waals surface area (Å²) in [6, 6.07) is 19.3. The predicted octanol–water partition coefficient (Wildman–Crippen LogP) is 5.00.